The highest BCUT2D eigenvalue weighted by Gasteiger charge is 2.28. The molecule has 2 amide bonds. The quantitative estimate of drug-likeness (QED) is 0.915. The summed E-state index contributed by atoms with van der Waals surface area (Å²) in [5.74, 6) is 0.301. The second kappa shape index (κ2) is 6.96. The van der Waals surface area contributed by atoms with Crippen molar-refractivity contribution in [1.29, 1.82) is 0 Å². The van der Waals surface area contributed by atoms with Crippen molar-refractivity contribution < 1.29 is 9.59 Å². The normalized spacial score (nSPS) is 19.0. The van der Waals surface area contributed by atoms with Crippen LogP contribution in [0.3, 0.4) is 0 Å². The lowest BCUT2D eigenvalue weighted by atomic mass is 10.1. The molecule has 2 heterocycles. The van der Waals surface area contributed by atoms with Crippen LogP contribution in [0.1, 0.15) is 44.7 Å². The first-order valence-corrected chi connectivity index (χ1v) is 8.87. The highest BCUT2D eigenvalue weighted by atomic mass is 16.2. The van der Waals surface area contributed by atoms with E-state index in [1.165, 1.54) is 16.1 Å². The smallest absolute Gasteiger partial charge is 0.271 e. The predicted octanol–water partition coefficient (Wildman–Crippen LogP) is 2.59. The molecule has 0 aromatic heterocycles. The van der Waals surface area contributed by atoms with Crippen molar-refractivity contribution in [3.8, 4) is 0 Å². The van der Waals surface area contributed by atoms with E-state index in [1.54, 1.807) is 7.05 Å². The maximum Gasteiger partial charge on any atom is 0.271 e. The molecule has 0 bridgehead atoms. The van der Waals surface area contributed by atoms with Crippen LogP contribution in [0, 0.1) is 5.92 Å². The molecule has 0 saturated carbocycles. The fourth-order valence-corrected chi connectivity index (χ4v) is 3.30. The van der Waals surface area contributed by atoms with E-state index in [0.29, 0.717) is 30.5 Å². The standard InChI is InChI=1S/C19H26N4O2/c1-12(2)13(3)23-10-14-6-5-7-16(15(14)11-23)20-19(25)17-8-9-18(24)22(4)21-17/h5-7,12-13H,8-11H2,1-4H3,(H,20,25)/t13-/m1/s1. The van der Waals surface area contributed by atoms with Gasteiger partial charge in [0.25, 0.3) is 5.91 Å². The Balaban J connectivity index is 1.76. The van der Waals surface area contributed by atoms with E-state index < -0.39 is 0 Å². The fraction of sp³-hybridized carbons (Fsp3) is 0.526. The summed E-state index contributed by atoms with van der Waals surface area (Å²) < 4.78 is 0. The van der Waals surface area contributed by atoms with Gasteiger partial charge in [0.15, 0.2) is 0 Å². The zero-order valence-electron chi connectivity index (χ0n) is 15.4. The van der Waals surface area contributed by atoms with Gasteiger partial charge in [0, 0.05) is 44.7 Å². The molecule has 134 valence electrons. The Bertz CT molecular complexity index is 726. The van der Waals surface area contributed by atoms with Crippen molar-refractivity contribution in [2.45, 2.75) is 52.7 Å². The van der Waals surface area contributed by atoms with Crippen LogP contribution < -0.4 is 5.32 Å². The molecule has 0 radical (unpaired) electrons. The van der Waals surface area contributed by atoms with E-state index in [-0.39, 0.29) is 11.8 Å². The molecule has 2 aliphatic heterocycles. The second-order valence-electron chi connectivity index (χ2n) is 7.25. The van der Waals surface area contributed by atoms with Gasteiger partial charge in [-0.1, -0.05) is 26.0 Å². The van der Waals surface area contributed by atoms with Crippen LogP contribution in [-0.2, 0) is 22.7 Å². The Labute approximate surface area is 148 Å². The van der Waals surface area contributed by atoms with E-state index in [4.69, 9.17) is 0 Å². The van der Waals surface area contributed by atoms with Gasteiger partial charge in [-0.3, -0.25) is 14.5 Å². The maximum atomic E-state index is 12.5. The van der Waals surface area contributed by atoms with Crippen molar-refractivity contribution in [3.05, 3.63) is 29.3 Å². The Morgan fingerprint density at radius 1 is 1.20 bits per heavy atom. The molecule has 0 unspecified atom stereocenters. The fourth-order valence-electron chi connectivity index (χ4n) is 3.30. The number of nitrogens with one attached hydrogen (secondary N) is 1. The number of benzene rings is 1. The number of hydrogen-bond donors (Lipinski definition) is 1. The Morgan fingerprint density at radius 3 is 2.64 bits per heavy atom. The molecule has 3 rings (SSSR count). The lowest BCUT2D eigenvalue weighted by Crippen LogP contribution is -2.34. The van der Waals surface area contributed by atoms with Gasteiger partial charge in [-0.25, -0.2) is 5.01 Å². The molecule has 2 aliphatic rings. The van der Waals surface area contributed by atoms with Gasteiger partial charge in [-0.2, -0.15) is 5.10 Å². The summed E-state index contributed by atoms with van der Waals surface area (Å²) >= 11 is 0. The Morgan fingerprint density at radius 2 is 1.96 bits per heavy atom. The van der Waals surface area contributed by atoms with E-state index in [9.17, 15) is 9.59 Å². The van der Waals surface area contributed by atoms with Gasteiger partial charge in [0.2, 0.25) is 5.91 Å². The minimum absolute atomic E-state index is 0.0598. The number of hydrazone groups is 1. The number of amides is 2. The van der Waals surface area contributed by atoms with Gasteiger partial charge in [-0.05, 0) is 30.0 Å². The molecule has 0 spiro atoms. The molecule has 1 N–H and O–H groups in total. The van der Waals surface area contributed by atoms with Crippen molar-refractivity contribution in [3.63, 3.8) is 0 Å². The largest absolute Gasteiger partial charge is 0.321 e. The first-order chi connectivity index (χ1) is 11.9. The lowest BCUT2D eigenvalue weighted by Gasteiger charge is -2.27. The third-order valence-electron chi connectivity index (χ3n) is 5.27. The third-order valence-corrected chi connectivity index (χ3v) is 5.27. The monoisotopic (exact) mass is 342 g/mol. The van der Waals surface area contributed by atoms with Crippen LogP contribution in [0.2, 0.25) is 0 Å². The zero-order chi connectivity index (χ0) is 18.1. The van der Waals surface area contributed by atoms with Gasteiger partial charge in [-0.15, -0.1) is 0 Å². The first-order valence-electron chi connectivity index (χ1n) is 8.87. The number of fused-ring (bicyclic) bond motifs is 1. The van der Waals surface area contributed by atoms with Crippen molar-refractivity contribution >= 4 is 23.2 Å². The van der Waals surface area contributed by atoms with Crippen LogP contribution in [0.4, 0.5) is 5.69 Å². The minimum Gasteiger partial charge on any atom is -0.321 e. The number of anilines is 1. The average molecular weight is 342 g/mol. The molecule has 0 aliphatic carbocycles. The molecular formula is C19H26N4O2. The van der Waals surface area contributed by atoms with Crippen LogP contribution in [0.5, 0.6) is 0 Å². The Hall–Kier alpha value is -2.21. The predicted molar refractivity (Wildman–Crippen MR) is 98.1 cm³/mol. The molecule has 6 nitrogen and oxygen atoms in total. The van der Waals surface area contributed by atoms with Gasteiger partial charge < -0.3 is 5.32 Å². The summed E-state index contributed by atoms with van der Waals surface area (Å²) in [6.07, 6.45) is 0.718. The van der Waals surface area contributed by atoms with Crippen LogP contribution >= 0.6 is 0 Å². The molecule has 1 aromatic rings. The highest BCUT2D eigenvalue weighted by Crippen LogP contribution is 2.32. The van der Waals surface area contributed by atoms with Gasteiger partial charge in [0.1, 0.15) is 5.71 Å². The van der Waals surface area contributed by atoms with E-state index in [1.807, 2.05) is 12.1 Å². The number of carbonyl (C=O) groups excluding carboxylic acids is 2. The molecular weight excluding hydrogens is 316 g/mol. The van der Waals surface area contributed by atoms with Gasteiger partial charge in [0.05, 0.1) is 0 Å². The summed E-state index contributed by atoms with van der Waals surface area (Å²) in [5, 5.41) is 8.35. The van der Waals surface area contributed by atoms with Crippen LogP contribution in [-0.4, -0.2) is 40.5 Å². The summed E-state index contributed by atoms with van der Waals surface area (Å²) in [7, 11) is 1.58. The van der Waals surface area contributed by atoms with Crippen molar-refractivity contribution in [2.24, 2.45) is 11.0 Å². The maximum absolute atomic E-state index is 12.5. The van der Waals surface area contributed by atoms with E-state index >= 15 is 0 Å². The molecule has 0 saturated heterocycles. The second-order valence-corrected chi connectivity index (χ2v) is 7.25. The number of hydrogen-bond acceptors (Lipinski definition) is 4. The minimum atomic E-state index is -0.219. The molecule has 6 heteroatoms. The van der Waals surface area contributed by atoms with E-state index in [0.717, 1.165) is 18.8 Å². The first kappa shape index (κ1) is 17.6. The van der Waals surface area contributed by atoms with E-state index in [2.05, 4.69) is 42.2 Å². The summed E-state index contributed by atoms with van der Waals surface area (Å²) in [4.78, 5) is 26.5. The van der Waals surface area contributed by atoms with Crippen LogP contribution in [0.25, 0.3) is 0 Å². The summed E-state index contributed by atoms with van der Waals surface area (Å²) in [6.45, 7) is 8.47. The molecule has 0 fully saturated rings. The average Bonchev–Trinajstić information content (AvgIpc) is 3.01. The molecule has 1 aromatic carbocycles. The van der Waals surface area contributed by atoms with Crippen molar-refractivity contribution in [1.82, 2.24) is 9.91 Å². The lowest BCUT2D eigenvalue weighted by molar-refractivity contribution is -0.130. The van der Waals surface area contributed by atoms with Gasteiger partial charge >= 0.3 is 0 Å². The van der Waals surface area contributed by atoms with Crippen molar-refractivity contribution in [2.75, 3.05) is 12.4 Å². The SMILES string of the molecule is CC(C)[C@@H](C)N1Cc2cccc(NC(=O)C3=NN(C)C(=O)CC3)c2C1. The number of carbonyl (C=O) groups is 2. The number of rotatable bonds is 4. The number of nitrogens with zero attached hydrogens (tertiary/aromatic N) is 3. The summed E-state index contributed by atoms with van der Waals surface area (Å²) in [6, 6.07) is 6.54. The molecule has 25 heavy (non-hydrogen) atoms. The Kier molecular flexibility index (Phi) is 4.90. The molecule has 1 atom stereocenters. The zero-order valence-corrected chi connectivity index (χ0v) is 15.4. The summed E-state index contributed by atoms with van der Waals surface area (Å²) in [5.41, 5.74) is 3.71. The topological polar surface area (TPSA) is 65.0 Å². The highest BCUT2D eigenvalue weighted by molar-refractivity contribution is 6.43. The third kappa shape index (κ3) is 3.58. The van der Waals surface area contributed by atoms with Crippen LogP contribution in [0.15, 0.2) is 23.3 Å².